The van der Waals surface area contributed by atoms with Crippen molar-refractivity contribution in [1.29, 1.82) is 0 Å². The van der Waals surface area contributed by atoms with Crippen LogP contribution in [-0.4, -0.2) is 5.11 Å². The highest BCUT2D eigenvalue weighted by atomic mass is 16.3. The van der Waals surface area contributed by atoms with Crippen molar-refractivity contribution in [3.8, 4) is 0 Å². The van der Waals surface area contributed by atoms with Crippen LogP contribution in [0.1, 0.15) is 39.5 Å². The maximum Gasteiger partial charge on any atom is 0.105 e. The quantitative estimate of drug-likeness (QED) is 0.411. The molecular formula is C25H30N2O. The van der Waals surface area contributed by atoms with Crippen LogP contribution in [0.4, 0.5) is 11.4 Å². The molecule has 2 aromatic carbocycles. The molecule has 0 aliphatic rings. The Morgan fingerprint density at radius 2 is 0.964 bits per heavy atom. The van der Waals surface area contributed by atoms with Crippen LogP contribution in [0.3, 0.4) is 0 Å². The molecule has 5 N–H and O–H groups in total. The van der Waals surface area contributed by atoms with Crippen LogP contribution in [0.15, 0.2) is 74.9 Å². The van der Waals surface area contributed by atoms with Gasteiger partial charge in [-0.15, -0.1) is 26.3 Å². The monoisotopic (exact) mass is 374 g/mol. The van der Waals surface area contributed by atoms with Gasteiger partial charge in [0.25, 0.3) is 0 Å². The van der Waals surface area contributed by atoms with Gasteiger partial charge in [0.15, 0.2) is 0 Å². The van der Waals surface area contributed by atoms with Crippen LogP contribution in [-0.2, 0) is 25.7 Å². The third-order valence-corrected chi connectivity index (χ3v) is 4.99. The summed E-state index contributed by atoms with van der Waals surface area (Å²) in [4.78, 5) is 0. The molecule has 0 fully saturated rings. The average molecular weight is 375 g/mol. The zero-order valence-electron chi connectivity index (χ0n) is 16.5. The van der Waals surface area contributed by atoms with Crippen molar-refractivity contribution in [2.24, 2.45) is 0 Å². The van der Waals surface area contributed by atoms with E-state index in [1.165, 1.54) is 0 Å². The fraction of sp³-hybridized carbons (Fsp3) is 0.200. The van der Waals surface area contributed by atoms with E-state index in [4.69, 9.17) is 11.5 Å². The van der Waals surface area contributed by atoms with E-state index in [1.54, 1.807) is 0 Å². The van der Waals surface area contributed by atoms with Gasteiger partial charge in [0, 0.05) is 11.4 Å². The number of nitrogen functional groups attached to an aromatic ring is 2. The summed E-state index contributed by atoms with van der Waals surface area (Å²) in [7, 11) is 0. The summed E-state index contributed by atoms with van der Waals surface area (Å²) in [5.41, 5.74) is 19.4. The minimum Gasteiger partial charge on any atom is -0.398 e. The van der Waals surface area contributed by atoms with Gasteiger partial charge in [-0.2, -0.15) is 0 Å². The third kappa shape index (κ3) is 4.26. The highest BCUT2D eigenvalue weighted by Gasteiger charge is 2.22. The number of aliphatic hydroxyl groups excluding tert-OH is 1. The molecule has 2 rings (SSSR count). The molecular weight excluding hydrogens is 344 g/mol. The predicted octanol–water partition coefficient (Wildman–Crippen LogP) is 4.85. The number of anilines is 2. The molecule has 28 heavy (non-hydrogen) atoms. The lowest BCUT2D eigenvalue weighted by Crippen LogP contribution is -2.12. The number of aliphatic hydroxyl groups is 1. The van der Waals surface area contributed by atoms with Crippen molar-refractivity contribution < 1.29 is 5.11 Å². The number of hydrogen-bond acceptors (Lipinski definition) is 3. The summed E-state index contributed by atoms with van der Waals surface area (Å²) in [5, 5.41) is 11.4. The Hall–Kier alpha value is -3.04. The van der Waals surface area contributed by atoms with Gasteiger partial charge in [0.05, 0.1) is 0 Å². The van der Waals surface area contributed by atoms with Crippen molar-refractivity contribution in [3.05, 3.63) is 108 Å². The summed E-state index contributed by atoms with van der Waals surface area (Å²) < 4.78 is 0. The Morgan fingerprint density at radius 1 is 0.643 bits per heavy atom. The summed E-state index contributed by atoms with van der Waals surface area (Å²) in [6.45, 7) is 15.4. The number of allylic oxidation sites excluding steroid dienone is 4. The highest BCUT2D eigenvalue weighted by Crippen LogP contribution is 2.35. The first-order valence-corrected chi connectivity index (χ1v) is 9.41. The average Bonchev–Trinajstić information content (AvgIpc) is 2.67. The normalized spacial score (nSPS) is 10.6. The van der Waals surface area contributed by atoms with Crippen LogP contribution in [0.5, 0.6) is 0 Å². The first-order valence-electron chi connectivity index (χ1n) is 9.41. The van der Waals surface area contributed by atoms with Gasteiger partial charge in [-0.1, -0.05) is 36.4 Å². The molecule has 3 nitrogen and oxygen atoms in total. The van der Waals surface area contributed by atoms with Crippen molar-refractivity contribution in [2.75, 3.05) is 11.5 Å². The van der Waals surface area contributed by atoms with E-state index in [2.05, 4.69) is 26.3 Å². The maximum atomic E-state index is 11.4. The molecule has 3 heteroatoms. The van der Waals surface area contributed by atoms with Gasteiger partial charge in [-0.05, 0) is 71.2 Å². The van der Waals surface area contributed by atoms with Gasteiger partial charge >= 0.3 is 0 Å². The van der Waals surface area contributed by atoms with Crippen LogP contribution < -0.4 is 11.5 Å². The van der Waals surface area contributed by atoms with Gasteiger partial charge in [0.1, 0.15) is 6.10 Å². The van der Waals surface area contributed by atoms with Gasteiger partial charge in [-0.3, -0.25) is 0 Å². The first kappa shape index (κ1) is 21.3. The summed E-state index contributed by atoms with van der Waals surface area (Å²) in [6.07, 6.45) is 9.00. The van der Waals surface area contributed by atoms with Crippen LogP contribution >= 0.6 is 0 Å². The van der Waals surface area contributed by atoms with Crippen molar-refractivity contribution in [1.82, 2.24) is 0 Å². The predicted molar refractivity (Wildman–Crippen MR) is 121 cm³/mol. The molecule has 0 aliphatic carbocycles. The van der Waals surface area contributed by atoms with Crippen LogP contribution in [0, 0.1) is 0 Å². The SMILES string of the molecule is C=CCc1c(N)ccc(C(O)c2ccc(N)c(CC=C)c2CC=C)c1CC=C. The number of nitrogens with two attached hydrogens (primary N) is 2. The molecule has 0 heterocycles. The molecule has 0 aliphatic heterocycles. The largest absolute Gasteiger partial charge is 0.398 e. The van der Waals surface area contributed by atoms with Gasteiger partial charge in [-0.25, -0.2) is 0 Å². The lowest BCUT2D eigenvalue weighted by molar-refractivity contribution is 0.218. The molecule has 2 aromatic rings. The molecule has 0 amide bonds. The highest BCUT2D eigenvalue weighted by molar-refractivity contribution is 5.60. The Balaban J connectivity index is 2.70. The molecule has 0 saturated heterocycles. The minimum atomic E-state index is -0.807. The van der Waals surface area contributed by atoms with Crippen molar-refractivity contribution >= 4 is 11.4 Å². The maximum absolute atomic E-state index is 11.4. The molecule has 0 atom stereocenters. The Kier molecular flexibility index (Phi) is 7.42. The van der Waals surface area contributed by atoms with E-state index in [0.717, 1.165) is 33.4 Å². The fourth-order valence-corrected chi connectivity index (χ4v) is 3.68. The summed E-state index contributed by atoms with van der Waals surface area (Å²) in [5.74, 6) is 0. The van der Waals surface area contributed by atoms with Crippen molar-refractivity contribution in [2.45, 2.75) is 31.8 Å². The first-order chi connectivity index (χ1) is 13.5. The summed E-state index contributed by atoms with van der Waals surface area (Å²) >= 11 is 0. The second-order valence-corrected chi connectivity index (χ2v) is 6.78. The van der Waals surface area contributed by atoms with Crippen LogP contribution in [0.25, 0.3) is 0 Å². The zero-order valence-corrected chi connectivity index (χ0v) is 16.5. The van der Waals surface area contributed by atoms with Crippen LogP contribution in [0.2, 0.25) is 0 Å². The van der Waals surface area contributed by atoms with E-state index in [9.17, 15) is 5.11 Å². The van der Waals surface area contributed by atoms with E-state index in [0.29, 0.717) is 37.1 Å². The molecule has 146 valence electrons. The molecule has 0 bridgehead atoms. The third-order valence-electron chi connectivity index (χ3n) is 4.99. The van der Waals surface area contributed by atoms with Gasteiger partial charge in [0.2, 0.25) is 0 Å². The Labute approximate surface area is 168 Å². The molecule has 0 spiro atoms. The molecule has 0 radical (unpaired) electrons. The lowest BCUT2D eigenvalue weighted by Gasteiger charge is -2.23. The molecule has 0 unspecified atom stereocenters. The van der Waals surface area contributed by atoms with E-state index in [-0.39, 0.29) is 0 Å². The second kappa shape index (κ2) is 9.77. The number of rotatable bonds is 10. The number of hydrogen-bond donors (Lipinski definition) is 3. The molecule has 0 saturated carbocycles. The van der Waals surface area contributed by atoms with E-state index < -0.39 is 6.10 Å². The standard InChI is InChI=1S/C25H30N2O/c1-5-9-17-19(11-7-3)23(26)15-13-21(17)25(28)22-14-16-24(27)20(12-8-4)18(22)10-6-2/h5-8,13-16,25,28H,1-4,9-12,26-27H2. The molecule has 0 aromatic heterocycles. The smallest absolute Gasteiger partial charge is 0.105 e. The zero-order chi connectivity index (χ0) is 20.7. The lowest BCUT2D eigenvalue weighted by atomic mass is 9.85. The second-order valence-electron chi connectivity index (χ2n) is 6.78. The van der Waals surface area contributed by atoms with Crippen molar-refractivity contribution in [3.63, 3.8) is 0 Å². The fourth-order valence-electron chi connectivity index (χ4n) is 3.68. The Bertz CT molecular complexity index is 822. The van der Waals surface area contributed by atoms with Gasteiger partial charge < -0.3 is 16.6 Å². The van der Waals surface area contributed by atoms with E-state index in [1.807, 2.05) is 48.6 Å². The topological polar surface area (TPSA) is 72.3 Å². The Morgan fingerprint density at radius 3 is 1.29 bits per heavy atom. The van der Waals surface area contributed by atoms with E-state index >= 15 is 0 Å². The number of benzene rings is 2. The minimum absolute atomic E-state index is 0.617. The summed E-state index contributed by atoms with van der Waals surface area (Å²) in [6, 6.07) is 7.48.